The van der Waals surface area contributed by atoms with Crippen molar-refractivity contribution < 1.29 is 14.4 Å². The minimum atomic E-state index is -0.457. The van der Waals surface area contributed by atoms with Gasteiger partial charge in [-0.1, -0.05) is 18.7 Å². The summed E-state index contributed by atoms with van der Waals surface area (Å²) in [6.07, 6.45) is 1.28. The highest BCUT2D eigenvalue weighted by molar-refractivity contribution is 6.01. The number of urea groups is 1. The Morgan fingerprint density at radius 1 is 1.25 bits per heavy atom. The van der Waals surface area contributed by atoms with Gasteiger partial charge >= 0.3 is 6.03 Å². The number of hydrogen-bond donors (Lipinski definition) is 3. The van der Waals surface area contributed by atoms with Crippen LogP contribution < -0.4 is 16.0 Å². The Hall–Kier alpha value is -2.87. The highest BCUT2D eigenvalue weighted by atomic mass is 16.2. The largest absolute Gasteiger partial charge is 0.334 e. The summed E-state index contributed by atoms with van der Waals surface area (Å²) in [7, 11) is 0. The molecule has 1 aromatic carbocycles. The summed E-state index contributed by atoms with van der Waals surface area (Å²) in [5.74, 6) is -0.278. The molecule has 2 fully saturated rings. The Kier molecular flexibility index (Phi) is 5.04. The monoisotopic (exact) mass is 383 g/mol. The van der Waals surface area contributed by atoms with Crippen molar-refractivity contribution in [3.63, 3.8) is 0 Å². The van der Waals surface area contributed by atoms with Crippen LogP contribution in [0.1, 0.15) is 34.3 Å². The van der Waals surface area contributed by atoms with Gasteiger partial charge in [-0.15, -0.1) is 0 Å². The predicted octanol–water partition coefficient (Wildman–Crippen LogP) is 0.550. The Morgan fingerprint density at radius 3 is 2.79 bits per heavy atom. The molecule has 1 atom stereocenters. The highest BCUT2D eigenvalue weighted by Gasteiger charge is 2.38. The summed E-state index contributed by atoms with van der Waals surface area (Å²) in [5, 5.41) is 8.91. The van der Waals surface area contributed by atoms with Gasteiger partial charge in [0, 0.05) is 50.5 Å². The van der Waals surface area contributed by atoms with Crippen LogP contribution >= 0.6 is 0 Å². The molecule has 2 saturated heterocycles. The van der Waals surface area contributed by atoms with Gasteiger partial charge in [-0.2, -0.15) is 0 Å². The predicted molar refractivity (Wildman–Crippen MR) is 103 cm³/mol. The summed E-state index contributed by atoms with van der Waals surface area (Å²) >= 11 is 0. The van der Waals surface area contributed by atoms with Crippen molar-refractivity contribution in [2.45, 2.75) is 32.0 Å². The van der Waals surface area contributed by atoms with E-state index >= 15 is 0 Å². The van der Waals surface area contributed by atoms with Gasteiger partial charge in [0.1, 0.15) is 6.04 Å². The van der Waals surface area contributed by atoms with Crippen molar-refractivity contribution >= 4 is 17.8 Å². The van der Waals surface area contributed by atoms with Crippen LogP contribution in [0.3, 0.4) is 0 Å². The van der Waals surface area contributed by atoms with Crippen molar-refractivity contribution in [1.82, 2.24) is 25.8 Å². The van der Waals surface area contributed by atoms with Gasteiger partial charge < -0.3 is 25.8 Å². The van der Waals surface area contributed by atoms with E-state index in [0.29, 0.717) is 50.3 Å². The van der Waals surface area contributed by atoms with Crippen LogP contribution in [0.4, 0.5) is 4.79 Å². The molecule has 8 heteroatoms. The van der Waals surface area contributed by atoms with E-state index in [9.17, 15) is 14.4 Å². The highest BCUT2D eigenvalue weighted by Crippen LogP contribution is 2.29. The van der Waals surface area contributed by atoms with E-state index in [1.54, 1.807) is 15.9 Å². The second-order valence-electron chi connectivity index (χ2n) is 7.47. The van der Waals surface area contributed by atoms with Crippen molar-refractivity contribution in [1.29, 1.82) is 0 Å². The van der Waals surface area contributed by atoms with Gasteiger partial charge in [0.05, 0.1) is 0 Å². The summed E-state index contributed by atoms with van der Waals surface area (Å²) in [5.41, 5.74) is 3.18. The molecule has 0 aliphatic carbocycles. The van der Waals surface area contributed by atoms with E-state index < -0.39 is 6.04 Å². The maximum absolute atomic E-state index is 12.7. The number of fused-ring (bicyclic) bond motifs is 1. The SMILES string of the molecule is C=C1CCC(N2Cc3cc(CNC(=O)N4CCNCC4)ccc3C2=O)C(=O)N1. The number of hydrogen-bond acceptors (Lipinski definition) is 4. The Bertz CT molecular complexity index is 831. The maximum Gasteiger partial charge on any atom is 0.317 e. The van der Waals surface area contributed by atoms with Crippen molar-refractivity contribution in [2.75, 3.05) is 26.2 Å². The molecule has 4 amide bonds. The first-order valence-corrected chi connectivity index (χ1v) is 9.68. The first kappa shape index (κ1) is 18.5. The lowest BCUT2D eigenvalue weighted by Gasteiger charge is -2.30. The third-order valence-electron chi connectivity index (χ3n) is 5.55. The summed E-state index contributed by atoms with van der Waals surface area (Å²) in [4.78, 5) is 40.7. The fraction of sp³-hybridized carbons (Fsp3) is 0.450. The molecule has 0 bridgehead atoms. The molecule has 148 valence electrons. The lowest BCUT2D eigenvalue weighted by Crippen LogP contribution is -2.50. The Labute approximate surface area is 163 Å². The number of amides is 4. The standard InChI is InChI=1S/C20H25N5O3/c1-13-2-5-17(18(26)23-13)25-12-15-10-14(3-4-16(15)19(25)27)11-22-20(28)24-8-6-21-7-9-24/h3-4,10,17,21H,1-2,5-9,11-12H2,(H,22,28)(H,23,26). The molecular formula is C20H25N5O3. The molecule has 0 radical (unpaired) electrons. The zero-order valence-corrected chi connectivity index (χ0v) is 15.8. The fourth-order valence-corrected chi connectivity index (χ4v) is 3.98. The number of carbonyl (C=O) groups is 3. The number of allylic oxidation sites excluding steroid dienone is 1. The quantitative estimate of drug-likeness (QED) is 0.711. The van der Waals surface area contributed by atoms with Crippen LogP contribution in [0.25, 0.3) is 0 Å². The van der Waals surface area contributed by atoms with E-state index in [4.69, 9.17) is 0 Å². The Balaban J connectivity index is 1.40. The molecule has 8 nitrogen and oxygen atoms in total. The number of carbonyl (C=O) groups excluding carboxylic acids is 3. The van der Waals surface area contributed by atoms with Gasteiger partial charge in [-0.3, -0.25) is 9.59 Å². The van der Waals surface area contributed by atoms with Gasteiger partial charge in [0.15, 0.2) is 0 Å². The van der Waals surface area contributed by atoms with Gasteiger partial charge in [-0.05, 0) is 30.0 Å². The molecular weight excluding hydrogens is 358 g/mol. The maximum atomic E-state index is 12.7. The second-order valence-corrected chi connectivity index (χ2v) is 7.47. The molecule has 3 aliphatic heterocycles. The van der Waals surface area contributed by atoms with Gasteiger partial charge in [0.25, 0.3) is 5.91 Å². The first-order chi connectivity index (χ1) is 13.5. The number of piperidine rings is 1. The van der Waals surface area contributed by atoms with Crippen LogP contribution in [0, 0.1) is 0 Å². The van der Waals surface area contributed by atoms with E-state index in [0.717, 1.165) is 24.2 Å². The van der Waals surface area contributed by atoms with Crippen LogP contribution in [-0.4, -0.2) is 59.9 Å². The average Bonchev–Trinajstić information content (AvgIpc) is 3.02. The number of nitrogens with zero attached hydrogens (tertiary/aromatic N) is 2. The number of benzene rings is 1. The summed E-state index contributed by atoms with van der Waals surface area (Å²) < 4.78 is 0. The minimum absolute atomic E-state index is 0.0705. The molecule has 0 aromatic heterocycles. The lowest BCUT2D eigenvalue weighted by molar-refractivity contribution is -0.126. The molecule has 0 saturated carbocycles. The molecule has 1 aromatic rings. The zero-order valence-electron chi connectivity index (χ0n) is 15.8. The molecule has 3 heterocycles. The van der Waals surface area contributed by atoms with E-state index in [-0.39, 0.29) is 17.8 Å². The molecule has 0 spiro atoms. The third-order valence-corrected chi connectivity index (χ3v) is 5.55. The van der Waals surface area contributed by atoms with Crippen LogP contribution in [0.5, 0.6) is 0 Å². The normalized spacial score (nSPS) is 22.1. The van der Waals surface area contributed by atoms with Crippen LogP contribution in [0.15, 0.2) is 30.5 Å². The number of rotatable bonds is 3. The zero-order chi connectivity index (χ0) is 19.7. The third kappa shape index (κ3) is 3.60. The van der Waals surface area contributed by atoms with Crippen molar-refractivity contribution in [3.05, 3.63) is 47.2 Å². The minimum Gasteiger partial charge on any atom is -0.334 e. The van der Waals surface area contributed by atoms with Crippen molar-refractivity contribution in [2.24, 2.45) is 0 Å². The molecule has 28 heavy (non-hydrogen) atoms. The van der Waals surface area contributed by atoms with E-state index in [2.05, 4.69) is 22.5 Å². The second kappa shape index (κ2) is 7.63. The molecule has 3 N–H and O–H groups in total. The van der Waals surface area contributed by atoms with Crippen LogP contribution in [0.2, 0.25) is 0 Å². The molecule has 4 rings (SSSR count). The number of piperazine rings is 1. The van der Waals surface area contributed by atoms with E-state index in [1.807, 2.05) is 12.1 Å². The van der Waals surface area contributed by atoms with Crippen LogP contribution in [-0.2, 0) is 17.9 Å². The number of nitrogens with one attached hydrogen (secondary N) is 3. The first-order valence-electron chi connectivity index (χ1n) is 9.68. The smallest absolute Gasteiger partial charge is 0.317 e. The average molecular weight is 383 g/mol. The summed E-state index contributed by atoms with van der Waals surface area (Å²) in [6.45, 7) is 7.64. The van der Waals surface area contributed by atoms with E-state index in [1.165, 1.54) is 0 Å². The Morgan fingerprint density at radius 2 is 2.04 bits per heavy atom. The van der Waals surface area contributed by atoms with Gasteiger partial charge in [0.2, 0.25) is 5.91 Å². The van der Waals surface area contributed by atoms with Crippen molar-refractivity contribution in [3.8, 4) is 0 Å². The fourth-order valence-electron chi connectivity index (χ4n) is 3.98. The summed E-state index contributed by atoms with van der Waals surface area (Å²) in [6, 6.07) is 5.08. The van der Waals surface area contributed by atoms with Gasteiger partial charge in [-0.25, -0.2) is 4.79 Å². The molecule has 1 unspecified atom stereocenters. The lowest BCUT2D eigenvalue weighted by atomic mass is 10.0. The topological polar surface area (TPSA) is 93.8 Å². The molecule has 3 aliphatic rings.